The summed E-state index contributed by atoms with van der Waals surface area (Å²) in [6, 6.07) is 16.1. The van der Waals surface area contributed by atoms with Gasteiger partial charge in [0.1, 0.15) is 23.4 Å². The lowest BCUT2D eigenvalue weighted by Gasteiger charge is -2.33. The first-order valence-electron chi connectivity index (χ1n) is 12.8. The Morgan fingerprint density at radius 3 is 2.55 bits per heavy atom. The summed E-state index contributed by atoms with van der Waals surface area (Å²) in [5.41, 5.74) is 3.15. The average Bonchev–Trinajstić information content (AvgIpc) is 3.30. The zero-order valence-electron chi connectivity index (χ0n) is 22.4. The van der Waals surface area contributed by atoms with Gasteiger partial charge in [-0.05, 0) is 73.2 Å². The molecule has 3 aromatic carbocycles. The summed E-state index contributed by atoms with van der Waals surface area (Å²) in [5.74, 6) is -0.744. The average molecular weight is 584 g/mol. The zero-order valence-corrected chi connectivity index (χ0v) is 24.0. The Labute approximate surface area is 235 Å². The molecule has 0 bridgehead atoms. The van der Waals surface area contributed by atoms with E-state index >= 15 is 0 Å². The number of hydrogen-bond donors (Lipinski definition) is 2. The second-order valence-electron chi connectivity index (χ2n) is 9.85. The van der Waals surface area contributed by atoms with Crippen molar-refractivity contribution in [1.29, 1.82) is 0 Å². The first-order valence-corrected chi connectivity index (χ1v) is 15.8. The van der Waals surface area contributed by atoms with Crippen LogP contribution in [0.2, 0.25) is 0 Å². The number of halogens is 1. The first kappa shape index (κ1) is 28.2. The Morgan fingerprint density at radius 1 is 1.15 bits per heavy atom. The van der Waals surface area contributed by atoms with E-state index in [0.717, 1.165) is 5.56 Å². The number of amides is 1. The van der Waals surface area contributed by atoms with E-state index in [9.17, 15) is 22.2 Å². The third-order valence-electron chi connectivity index (χ3n) is 7.21. The fourth-order valence-corrected chi connectivity index (χ4v) is 7.53. The summed E-state index contributed by atoms with van der Waals surface area (Å²) in [6.45, 7) is 2.39. The number of rotatable bonds is 7. The summed E-state index contributed by atoms with van der Waals surface area (Å²) in [4.78, 5) is 13.4. The molecule has 1 aliphatic heterocycles. The minimum absolute atomic E-state index is 0.227. The van der Waals surface area contributed by atoms with E-state index in [4.69, 9.17) is 4.42 Å². The van der Waals surface area contributed by atoms with Crippen LogP contribution < -0.4 is 10.0 Å². The largest absolute Gasteiger partial charge is 0.593 e. The van der Waals surface area contributed by atoms with Crippen molar-refractivity contribution < 1.29 is 26.6 Å². The van der Waals surface area contributed by atoms with Crippen molar-refractivity contribution in [2.75, 3.05) is 31.1 Å². The number of benzene rings is 3. The van der Waals surface area contributed by atoms with Crippen molar-refractivity contribution in [3.05, 3.63) is 83.2 Å². The van der Waals surface area contributed by atoms with E-state index in [0.29, 0.717) is 47.2 Å². The lowest BCUT2D eigenvalue weighted by Crippen LogP contribution is -2.39. The fraction of sp³-hybridized carbons (Fsp3) is 0.276. The Bertz CT molecular complexity index is 1670. The van der Waals surface area contributed by atoms with Gasteiger partial charge in [0.2, 0.25) is 10.0 Å². The van der Waals surface area contributed by atoms with Gasteiger partial charge in [-0.1, -0.05) is 18.2 Å². The molecule has 1 aliphatic rings. The van der Waals surface area contributed by atoms with E-state index in [1.807, 2.05) is 6.07 Å². The van der Waals surface area contributed by atoms with Crippen molar-refractivity contribution in [1.82, 2.24) is 9.62 Å². The van der Waals surface area contributed by atoms with Crippen LogP contribution in [0.3, 0.4) is 0 Å². The van der Waals surface area contributed by atoms with Gasteiger partial charge >= 0.3 is 0 Å². The molecule has 4 aromatic rings. The molecular formula is C29H30FN3O5S2. The Balaban J connectivity index is 1.63. The molecular weight excluding hydrogens is 553 g/mol. The quantitative estimate of drug-likeness (QED) is 0.290. The van der Waals surface area contributed by atoms with Gasteiger partial charge in [-0.25, -0.2) is 17.5 Å². The first-order chi connectivity index (χ1) is 19.1. The molecule has 40 heavy (non-hydrogen) atoms. The minimum Gasteiger partial charge on any atom is -0.593 e. The molecule has 0 aliphatic carbocycles. The van der Waals surface area contributed by atoms with Crippen LogP contribution in [-0.4, -0.2) is 49.6 Å². The zero-order chi connectivity index (χ0) is 28.6. The topological polar surface area (TPSA) is 115 Å². The van der Waals surface area contributed by atoms with Crippen LogP contribution in [-0.2, 0) is 21.4 Å². The summed E-state index contributed by atoms with van der Waals surface area (Å²) in [6.07, 6.45) is 2.84. The Morgan fingerprint density at radius 2 is 1.88 bits per heavy atom. The van der Waals surface area contributed by atoms with Crippen molar-refractivity contribution >= 4 is 43.9 Å². The number of carbonyl (C=O) groups excluding carboxylic acids is 1. The van der Waals surface area contributed by atoms with E-state index in [1.165, 1.54) is 41.9 Å². The van der Waals surface area contributed by atoms with Crippen LogP contribution in [0.1, 0.15) is 40.2 Å². The van der Waals surface area contributed by atoms with E-state index in [1.54, 1.807) is 37.3 Å². The third-order valence-corrected chi connectivity index (χ3v) is 9.74. The normalized spacial score (nSPS) is 17.1. The molecule has 1 fully saturated rings. The monoisotopic (exact) mass is 583 g/mol. The van der Waals surface area contributed by atoms with Gasteiger partial charge < -0.3 is 14.3 Å². The SMILES string of the molecule is CNC(=O)c1c(-c2ccc(F)cc2)oc2cc(N[S+](C)[O-])c([C@@H]3CCCN(S(=O)(=O)c4ccccc4C)C3)cc12. The number of furan rings is 1. The van der Waals surface area contributed by atoms with Gasteiger partial charge in [0.05, 0.1) is 27.5 Å². The highest BCUT2D eigenvalue weighted by Crippen LogP contribution is 2.41. The van der Waals surface area contributed by atoms with Gasteiger partial charge in [0.25, 0.3) is 5.91 Å². The Kier molecular flexibility index (Phi) is 7.92. The maximum atomic E-state index is 13.6. The summed E-state index contributed by atoms with van der Waals surface area (Å²) < 4.78 is 63.7. The smallest absolute Gasteiger partial charge is 0.255 e. The molecule has 0 saturated carbocycles. The number of nitrogens with one attached hydrogen (secondary N) is 2. The van der Waals surface area contributed by atoms with Gasteiger partial charge in [-0.3, -0.25) is 4.79 Å². The van der Waals surface area contributed by atoms with Crippen molar-refractivity contribution in [2.45, 2.75) is 30.6 Å². The number of aryl methyl sites for hydroxylation is 1. The highest BCUT2D eigenvalue weighted by Gasteiger charge is 2.34. The number of nitrogens with zero attached hydrogens (tertiary/aromatic N) is 1. The predicted octanol–water partition coefficient (Wildman–Crippen LogP) is 5.18. The highest BCUT2D eigenvalue weighted by molar-refractivity contribution is 7.92. The molecule has 2 atom stereocenters. The van der Waals surface area contributed by atoms with Crippen LogP contribution in [0.4, 0.5) is 10.1 Å². The number of piperidine rings is 1. The maximum absolute atomic E-state index is 13.6. The second kappa shape index (κ2) is 11.2. The molecule has 0 radical (unpaired) electrons. The standard InChI is InChI=1S/C29H30FN3O5S2/c1-18-7-4-5-9-26(18)40(36,37)33-14-6-8-20(17-33)22-15-23-25(16-24(22)32-39(3)35)38-28(27(23)29(34)31-2)19-10-12-21(30)13-11-19/h4-5,7,9-13,15-16,20,32H,6,8,14,17H2,1-3H3,(H,31,34)/t20-,39?/m1/s1. The van der Waals surface area contributed by atoms with Crippen LogP contribution in [0, 0.1) is 12.7 Å². The van der Waals surface area contributed by atoms with Crippen LogP contribution in [0.5, 0.6) is 0 Å². The molecule has 2 N–H and O–H groups in total. The van der Waals surface area contributed by atoms with Crippen LogP contribution >= 0.6 is 0 Å². The molecule has 11 heteroatoms. The molecule has 5 rings (SSSR count). The molecule has 210 valence electrons. The molecule has 1 unspecified atom stereocenters. The molecule has 1 aromatic heterocycles. The van der Waals surface area contributed by atoms with Crippen molar-refractivity contribution in [3.63, 3.8) is 0 Å². The van der Waals surface area contributed by atoms with Crippen LogP contribution in [0.15, 0.2) is 70.0 Å². The summed E-state index contributed by atoms with van der Waals surface area (Å²) in [5, 5.41) is 3.18. The minimum atomic E-state index is -3.73. The predicted molar refractivity (Wildman–Crippen MR) is 155 cm³/mol. The highest BCUT2D eigenvalue weighted by atomic mass is 32.2. The van der Waals surface area contributed by atoms with Crippen molar-refractivity contribution in [2.24, 2.45) is 0 Å². The number of anilines is 1. The third kappa shape index (κ3) is 5.34. The molecule has 8 nitrogen and oxygen atoms in total. The maximum Gasteiger partial charge on any atom is 0.255 e. The van der Waals surface area contributed by atoms with E-state index in [2.05, 4.69) is 10.0 Å². The second-order valence-corrected chi connectivity index (χ2v) is 12.9. The van der Waals surface area contributed by atoms with Gasteiger partial charge in [-0.15, -0.1) is 0 Å². The number of fused-ring (bicyclic) bond motifs is 1. The number of hydrogen-bond acceptors (Lipinski definition) is 6. The van der Waals surface area contributed by atoms with Gasteiger partial charge in [-0.2, -0.15) is 4.31 Å². The van der Waals surface area contributed by atoms with Crippen molar-refractivity contribution in [3.8, 4) is 11.3 Å². The number of carbonyl (C=O) groups is 1. The molecule has 1 saturated heterocycles. The molecule has 1 amide bonds. The van der Waals surface area contributed by atoms with Gasteiger partial charge in [0.15, 0.2) is 0 Å². The lowest BCUT2D eigenvalue weighted by atomic mass is 9.89. The van der Waals surface area contributed by atoms with E-state index in [-0.39, 0.29) is 34.6 Å². The molecule has 2 heterocycles. The summed E-state index contributed by atoms with van der Waals surface area (Å²) >= 11 is -1.42. The lowest BCUT2D eigenvalue weighted by molar-refractivity contribution is 0.0964. The van der Waals surface area contributed by atoms with Crippen LogP contribution in [0.25, 0.3) is 22.3 Å². The Hall–Kier alpha value is -3.38. The van der Waals surface area contributed by atoms with Gasteiger partial charge in [0, 0.05) is 37.2 Å². The molecule has 0 spiro atoms. The fourth-order valence-electron chi connectivity index (χ4n) is 5.30. The number of sulfonamides is 1. The summed E-state index contributed by atoms with van der Waals surface area (Å²) in [7, 11) is -2.22. The van der Waals surface area contributed by atoms with E-state index < -0.39 is 27.2 Å².